The Bertz CT molecular complexity index is 621. The summed E-state index contributed by atoms with van der Waals surface area (Å²) in [7, 11) is -3.73. The van der Waals surface area contributed by atoms with Crippen LogP contribution in [0.15, 0.2) is 17.0 Å². The maximum Gasteiger partial charge on any atom is 0.244 e. The molecule has 0 radical (unpaired) electrons. The fourth-order valence-electron chi connectivity index (χ4n) is 2.19. The second-order valence-electron chi connectivity index (χ2n) is 4.80. The van der Waals surface area contributed by atoms with Crippen LogP contribution < -0.4 is 0 Å². The van der Waals surface area contributed by atoms with Crippen molar-refractivity contribution in [1.29, 1.82) is 0 Å². The van der Waals surface area contributed by atoms with Gasteiger partial charge in [-0.15, -0.1) is 0 Å². The van der Waals surface area contributed by atoms with Gasteiger partial charge in [-0.25, -0.2) is 8.42 Å². The molecule has 0 bridgehead atoms. The lowest BCUT2D eigenvalue weighted by molar-refractivity contribution is -0.00278. The molecule has 21 heavy (non-hydrogen) atoms. The van der Waals surface area contributed by atoms with E-state index in [1.165, 1.54) is 16.4 Å². The largest absolute Gasteiger partial charge is 0.392 e. The van der Waals surface area contributed by atoms with E-state index >= 15 is 0 Å². The lowest BCUT2D eigenvalue weighted by Crippen LogP contribution is -2.45. The zero-order valence-electron chi connectivity index (χ0n) is 11.6. The SMILES string of the molecule is CCC1CN(S(=O)(=O)c2cc(CO)c(Cl)cc2Cl)CCO1. The number of sulfonamides is 1. The molecule has 1 aromatic rings. The topological polar surface area (TPSA) is 66.8 Å². The fourth-order valence-corrected chi connectivity index (χ4v) is 4.47. The van der Waals surface area contributed by atoms with Gasteiger partial charge in [0, 0.05) is 18.1 Å². The number of rotatable bonds is 4. The highest BCUT2D eigenvalue weighted by atomic mass is 35.5. The Morgan fingerprint density at radius 3 is 2.71 bits per heavy atom. The van der Waals surface area contributed by atoms with E-state index in [1.54, 1.807) is 0 Å². The molecule has 0 saturated carbocycles. The van der Waals surface area contributed by atoms with Crippen molar-refractivity contribution in [2.45, 2.75) is 31.0 Å². The van der Waals surface area contributed by atoms with Crippen molar-refractivity contribution in [2.24, 2.45) is 0 Å². The molecule has 8 heteroatoms. The number of aliphatic hydroxyl groups excluding tert-OH is 1. The smallest absolute Gasteiger partial charge is 0.244 e. The molecular weight excluding hydrogens is 337 g/mol. The Morgan fingerprint density at radius 1 is 1.38 bits per heavy atom. The maximum absolute atomic E-state index is 12.7. The van der Waals surface area contributed by atoms with Crippen molar-refractivity contribution < 1.29 is 18.3 Å². The average molecular weight is 354 g/mol. The highest BCUT2D eigenvalue weighted by Gasteiger charge is 2.32. The Morgan fingerprint density at radius 2 is 2.10 bits per heavy atom. The monoisotopic (exact) mass is 353 g/mol. The molecule has 0 aromatic heterocycles. The van der Waals surface area contributed by atoms with Crippen molar-refractivity contribution in [3.05, 3.63) is 27.7 Å². The van der Waals surface area contributed by atoms with Gasteiger partial charge in [0.25, 0.3) is 0 Å². The van der Waals surface area contributed by atoms with E-state index in [4.69, 9.17) is 27.9 Å². The molecule has 1 N–H and O–H groups in total. The molecule has 1 aliphatic rings. The Balaban J connectivity index is 2.39. The van der Waals surface area contributed by atoms with E-state index in [9.17, 15) is 13.5 Å². The van der Waals surface area contributed by atoms with Gasteiger partial charge in [0.05, 0.1) is 24.3 Å². The molecule has 0 aliphatic carbocycles. The van der Waals surface area contributed by atoms with Gasteiger partial charge in [-0.2, -0.15) is 4.31 Å². The van der Waals surface area contributed by atoms with Crippen molar-refractivity contribution in [1.82, 2.24) is 4.31 Å². The number of halogens is 2. The molecule has 5 nitrogen and oxygen atoms in total. The Kier molecular flexibility index (Phi) is 5.51. The van der Waals surface area contributed by atoms with E-state index in [2.05, 4.69) is 0 Å². The number of hydrogen-bond acceptors (Lipinski definition) is 4. The predicted octanol–water partition coefficient (Wildman–Crippen LogP) is 2.29. The summed E-state index contributed by atoms with van der Waals surface area (Å²) < 4.78 is 32.3. The van der Waals surface area contributed by atoms with Crippen molar-refractivity contribution in [3.8, 4) is 0 Å². The molecule has 0 amide bonds. The van der Waals surface area contributed by atoms with Gasteiger partial charge >= 0.3 is 0 Å². The van der Waals surface area contributed by atoms with Crippen LogP contribution in [0.3, 0.4) is 0 Å². The average Bonchev–Trinajstić information content (AvgIpc) is 2.47. The van der Waals surface area contributed by atoms with Gasteiger partial charge in [-0.05, 0) is 24.1 Å². The van der Waals surface area contributed by atoms with Crippen molar-refractivity contribution in [3.63, 3.8) is 0 Å². The second kappa shape index (κ2) is 6.81. The zero-order chi connectivity index (χ0) is 15.6. The highest BCUT2D eigenvalue weighted by Crippen LogP contribution is 2.31. The molecule has 1 aliphatic heterocycles. The molecule has 1 heterocycles. The molecule has 1 saturated heterocycles. The minimum Gasteiger partial charge on any atom is -0.392 e. The second-order valence-corrected chi connectivity index (χ2v) is 7.52. The Labute approximate surface area is 134 Å². The van der Waals surface area contributed by atoms with E-state index in [-0.39, 0.29) is 34.2 Å². The summed E-state index contributed by atoms with van der Waals surface area (Å²) in [6.07, 6.45) is 0.624. The minimum atomic E-state index is -3.73. The van der Waals surface area contributed by atoms with Crippen LogP contribution in [0.25, 0.3) is 0 Å². The van der Waals surface area contributed by atoms with E-state index in [1.807, 2.05) is 6.92 Å². The van der Waals surface area contributed by atoms with Gasteiger partial charge in [0.15, 0.2) is 0 Å². The van der Waals surface area contributed by atoms with Crippen LogP contribution in [0.4, 0.5) is 0 Å². The van der Waals surface area contributed by atoms with Crippen LogP contribution in [-0.4, -0.2) is 43.6 Å². The van der Waals surface area contributed by atoms with Crippen molar-refractivity contribution in [2.75, 3.05) is 19.7 Å². The maximum atomic E-state index is 12.7. The third-order valence-electron chi connectivity index (χ3n) is 3.45. The molecule has 1 unspecified atom stereocenters. The number of hydrogen-bond donors (Lipinski definition) is 1. The van der Waals surface area contributed by atoms with Crippen LogP contribution in [0, 0.1) is 0 Å². The first-order valence-corrected chi connectivity index (χ1v) is 8.80. The summed E-state index contributed by atoms with van der Waals surface area (Å²) in [5.74, 6) is 0. The number of ether oxygens (including phenoxy) is 1. The first kappa shape index (κ1) is 17.0. The fraction of sp³-hybridized carbons (Fsp3) is 0.538. The molecule has 1 aromatic carbocycles. The van der Waals surface area contributed by atoms with E-state index in [0.29, 0.717) is 18.7 Å². The van der Waals surface area contributed by atoms with Gasteiger partial charge in [-0.1, -0.05) is 30.1 Å². The number of aliphatic hydroxyl groups is 1. The third kappa shape index (κ3) is 3.52. The standard InChI is InChI=1S/C13H17Cl2NO4S/c1-2-10-7-16(3-4-20-10)21(18,19)13-5-9(8-17)11(14)6-12(13)15/h5-6,10,17H,2-4,7-8H2,1H3. The minimum absolute atomic E-state index is 0.0330. The van der Waals surface area contributed by atoms with Gasteiger partial charge < -0.3 is 9.84 Å². The molecular formula is C13H17Cl2NO4S. The number of morpholine rings is 1. The summed E-state index contributed by atoms with van der Waals surface area (Å²) in [6, 6.07) is 2.68. The third-order valence-corrected chi connectivity index (χ3v) is 6.13. The summed E-state index contributed by atoms with van der Waals surface area (Å²) in [6.45, 7) is 2.54. The van der Waals surface area contributed by atoms with Gasteiger partial charge in [-0.3, -0.25) is 0 Å². The quantitative estimate of drug-likeness (QED) is 0.901. The summed E-state index contributed by atoms with van der Waals surface area (Å²) in [4.78, 5) is -0.0330. The van der Waals surface area contributed by atoms with Crippen LogP contribution in [0.1, 0.15) is 18.9 Å². The normalized spacial score (nSPS) is 20.7. The lowest BCUT2D eigenvalue weighted by Gasteiger charge is -2.32. The molecule has 2 rings (SSSR count). The first-order chi connectivity index (χ1) is 9.90. The molecule has 1 fully saturated rings. The lowest BCUT2D eigenvalue weighted by atomic mass is 10.2. The van der Waals surface area contributed by atoms with Gasteiger partial charge in [0.2, 0.25) is 10.0 Å². The first-order valence-electron chi connectivity index (χ1n) is 6.60. The molecule has 118 valence electrons. The summed E-state index contributed by atoms with van der Waals surface area (Å²) >= 11 is 11.9. The highest BCUT2D eigenvalue weighted by molar-refractivity contribution is 7.89. The summed E-state index contributed by atoms with van der Waals surface area (Å²) in [5.41, 5.74) is 0.333. The molecule has 0 spiro atoms. The predicted molar refractivity (Wildman–Crippen MR) is 81.2 cm³/mol. The van der Waals surface area contributed by atoms with Crippen LogP contribution in [0.2, 0.25) is 10.0 Å². The Hall–Kier alpha value is -0.370. The molecule has 1 atom stereocenters. The summed E-state index contributed by atoms with van der Waals surface area (Å²) in [5, 5.41) is 9.53. The number of benzene rings is 1. The van der Waals surface area contributed by atoms with E-state index in [0.717, 1.165) is 6.42 Å². The van der Waals surface area contributed by atoms with Crippen LogP contribution in [-0.2, 0) is 21.4 Å². The number of nitrogens with zero attached hydrogens (tertiary/aromatic N) is 1. The van der Waals surface area contributed by atoms with Gasteiger partial charge in [0.1, 0.15) is 4.90 Å². The van der Waals surface area contributed by atoms with Crippen LogP contribution in [0.5, 0.6) is 0 Å². The van der Waals surface area contributed by atoms with E-state index < -0.39 is 10.0 Å². The zero-order valence-corrected chi connectivity index (χ0v) is 13.9. The van der Waals surface area contributed by atoms with Crippen LogP contribution >= 0.6 is 23.2 Å². The van der Waals surface area contributed by atoms with Crippen molar-refractivity contribution >= 4 is 33.2 Å².